The van der Waals surface area contributed by atoms with Crippen LogP contribution in [0.3, 0.4) is 0 Å². The lowest BCUT2D eigenvalue weighted by molar-refractivity contribution is 0.102. The molecule has 3 nitrogen and oxygen atoms in total. The van der Waals surface area contributed by atoms with E-state index in [-0.39, 0.29) is 5.91 Å². The summed E-state index contributed by atoms with van der Waals surface area (Å²) in [5.41, 5.74) is 8.43. The number of carbonyl (C=O) groups excluding carboxylic acids is 1. The van der Waals surface area contributed by atoms with E-state index in [1.165, 1.54) is 0 Å². The molecular formula is C14H13ClN2O. The van der Waals surface area contributed by atoms with E-state index in [2.05, 4.69) is 5.32 Å². The fourth-order valence-electron chi connectivity index (χ4n) is 1.71. The van der Waals surface area contributed by atoms with Crippen LogP contribution in [-0.2, 0) is 0 Å². The van der Waals surface area contributed by atoms with Gasteiger partial charge in [0, 0.05) is 22.0 Å². The average molecular weight is 261 g/mol. The van der Waals surface area contributed by atoms with Gasteiger partial charge in [-0.15, -0.1) is 0 Å². The Morgan fingerprint density at radius 1 is 1.22 bits per heavy atom. The summed E-state index contributed by atoms with van der Waals surface area (Å²) < 4.78 is 0. The number of carbonyl (C=O) groups is 1. The van der Waals surface area contributed by atoms with E-state index < -0.39 is 0 Å². The van der Waals surface area contributed by atoms with Crippen molar-refractivity contribution in [1.29, 1.82) is 0 Å². The van der Waals surface area contributed by atoms with E-state index >= 15 is 0 Å². The molecule has 0 radical (unpaired) electrons. The molecule has 1 amide bonds. The molecule has 0 atom stereocenters. The van der Waals surface area contributed by atoms with Gasteiger partial charge in [0.2, 0.25) is 0 Å². The van der Waals surface area contributed by atoms with Crippen LogP contribution in [0.4, 0.5) is 11.4 Å². The molecule has 0 aliphatic heterocycles. The molecule has 0 fully saturated rings. The predicted octanol–water partition coefficient (Wildman–Crippen LogP) is 3.48. The zero-order chi connectivity index (χ0) is 13.1. The van der Waals surface area contributed by atoms with E-state index in [1.807, 2.05) is 13.0 Å². The summed E-state index contributed by atoms with van der Waals surface area (Å²) in [5, 5.41) is 3.35. The number of nitrogen functional groups attached to an aromatic ring is 1. The average Bonchev–Trinajstić information content (AvgIpc) is 2.27. The van der Waals surface area contributed by atoms with E-state index in [0.717, 1.165) is 5.56 Å². The van der Waals surface area contributed by atoms with E-state index in [9.17, 15) is 4.79 Å². The van der Waals surface area contributed by atoms with Crippen molar-refractivity contribution < 1.29 is 4.79 Å². The van der Waals surface area contributed by atoms with Crippen molar-refractivity contribution >= 4 is 28.9 Å². The Morgan fingerprint density at radius 3 is 2.67 bits per heavy atom. The van der Waals surface area contributed by atoms with E-state index in [4.69, 9.17) is 17.3 Å². The minimum absolute atomic E-state index is 0.201. The smallest absolute Gasteiger partial charge is 0.255 e. The molecular weight excluding hydrogens is 248 g/mol. The second kappa shape index (κ2) is 5.10. The van der Waals surface area contributed by atoms with Crippen LogP contribution in [0.1, 0.15) is 15.9 Å². The summed E-state index contributed by atoms with van der Waals surface area (Å²) in [6.45, 7) is 1.90. The van der Waals surface area contributed by atoms with Gasteiger partial charge in [0.05, 0.1) is 0 Å². The summed E-state index contributed by atoms with van der Waals surface area (Å²) in [5.74, 6) is -0.201. The van der Waals surface area contributed by atoms with Gasteiger partial charge in [-0.05, 0) is 48.9 Å². The van der Waals surface area contributed by atoms with Gasteiger partial charge in [-0.25, -0.2) is 0 Å². The third kappa shape index (κ3) is 3.02. The first kappa shape index (κ1) is 12.5. The summed E-state index contributed by atoms with van der Waals surface area (Å²) in [4.78, 5) is 12.0. The zero-order valence-electron chi connectivity index (χ0n) is 9.91. The zero-order valence-corrected chi connectivity index (χ0v) is 10.7. The number of benzene rings is 2. The molecule has 0 saturated heterocycles. The van der Waals surface area contributed by atoms with Gasteiger partial charge in [0.15, 0.2) is 0 Å². The summed E-state index contributed by atoms with van der Waals surface area (Å²) in [6, 6.07) is 12.3. The third-order valence-electron chi connectivity index (χ3n) is 2.44. The number of rotatable bonds is 2. The minimum Gasteiger partial charge on any atom is -0.399 e. The molecule has 0 aromatic heterocycles. The molecule has 0 aliphatic carbocycles. The maximum atomic E-state index is 12.0. The number of aryl methyl sites for hydroxylation is 1. The number of amides is 1. The molecule has 92 valence electrons. The Balaban J connectivity index is 2.22. The number of anilines is 2. The Morgan fingerprint density at radius 2 is 2.00 bits per heavy atom. The van der Waals surface area contributed by atoms with E-state index in [0.29, 0.717) is 22.0 Å². The number of halogens is 1. The van der Waals surface area contributed by atoms with Crippen molar-refractivity contribution in [2.45, 2.75) is 6.92 Å². The summed E-state index contributed by atoms with van der Waals surface area (Å²) >= 11 is 5.85. The Hall–Kier alpha value is -2.00. The van der Waals surface area contributed by atoms with Crippen LogP contribution in [0.25, 0.3) is 0 Å². The van der Waals surface area contributed by atoms with Crippen molar-refractivity contribution in [2.75, 3.05) is 11.1 Å². The first-order valence-electron chi connectivity index (χ1n) is 5.49. The molecule has 0 heterocycles. The van der Waals surface area contributed by atoms with E-state index in [1.54, 1.807) is 36.4 Å². The third-order valence-corrected chi connectivity index (χ3v) is 2.68. The Kier molecular flexibility index (Phi) is 3.53. The van der Waals surface area contributed by atoms with Gasteiger partial charge in [0.25, 0.3) is 5.91 Å². The molecule has 0 bridgehead atoms. The highest BCUT2D eigenvalue weighted by Crippen LogP contribution is 2.17. The minimum atomic E-state index is -0.201. The molecule has 4 heteroatoms. The van der Waals surface area contributed by atoms with Gasteiger partial charge >= 0.3 is 0 Å². The van der Waals surface area contributed by atoms with Crippen LogP contribution in [0.15, 0.2) is 42.5 Å². The molecule has 0 spiro atoms. The van der Waals surface area contributed by atoms with Crippen molar-refractivity contribution in [3.05, 3.63) is 58.6 Å². The maximum absolute atomic E-state index is 12.0. The van der Waals surface area contributed by atoms with Gasteiger partial charge in [-0.3, -0.25) is 4.79 Å². The van der Waals surface area contributed by atoms with Crippen LogP contribution in [0.2, 0.25) is 5.02 Å². The normalized spacial score (nSPS) is 10.1. The topological polar surface area (TPSA) is 55.1 Å². The lowest BCUT2D eigenvalue weighted by Crippen LogP contribution is -2.12. The molecule has 2 aromatic carbocycles. The first-order valence-corrected chi connectivity index (χ1v) is 5.86. The van der Waals surface area contributed by atoms with Crippen LogP contribution in [0, 0.1) is 6.92 Å². The first-order chi connectivity index (χ1) is 8.54. The van der Waals surface area contributed by atoms with Gasteiger partial charge in [0.1, 0.15) is 0 Å². The second-order valence-electron chi connectivity index (χ2n) is 4.10. The van der Waals surface area contributed by atoms with Gasteiger partial charge in [-0.2, -0.15) is 0 Å². The lowest BCUT2D eigenvalue weighted by atomic mass is 10.1. The van der Waals surface area contributed by atoms with Crippen LogP contribution in [-0.4, -0.2) is 5.91 Å². The Labute approximate surface area is 111 Å². The van der Waals surface area contributed by atoms with Gasteiger partial charge < -0.3 is 11.1 Å². The molecule has 2 rings (SSSR count). The van der Waals surface area contributed by atoms with Gasteiger partial charge in [-0.1, -0.05) is 17.7 Å². The molecule has 0 unspecified atom stereocenters. The number of hydrogen-bond acceptors (Lipinski definition) is 2. The molecule has 0 saturated carbocycles. The highest BCUT2D eigenvalue weighted by molar-refractivity contribution is 6.30. The second-order valence-corrected chi connectivity index (χ2v) is 4.53. The maximum Gasteiger partial charge on any atom is 0.255 e. The van der Waals surface area contributed by atoms with Crippen LogP contribution < -0.4 is 11.1 Å². The SMILES string of the molecule is Cc1cc(N)cc(C(=O)Nc2cccc(Cl)c2)c1. The summed E-state index contributed by atoms with van der Waals surface area (Å²) in [6.07, 6.45) is 0. The van der Waals surface area contributed by atoms with Crippen molar-refractivity contribution in [3.63, 3.8) is 0 Å². The molecule has 3 N–H and O–H groups in total. The number of nitrogens with one attached hydrogen (secondary N) is 1. The quantitative estimate of drug-likeness (QED) is 0.812. The van der Waals surface area contributed by atoms with Crippen molar-refractivity contribution in [1.82, 2.24) is 0 Å². The molecule has 0 aliphatic rings. The Bertz CT molecular complexity index is 576. The van der Waals surface area contributed by atoms with Crippen molar-refractivity contribution in [3.8, 4) is 0 Å². The molecule has 18 heavy (non-hydrogen) atoms. The highest BCUT2D eigenvalue weighted by Gasteiger charge is 2.07. The largest absolute Gasteiger partial charge is 0.399 e. The summed E-state index contributed by atoms with van der Waals surface area (Å²) in [7, 11) is 0. The fraction of sp³-hybridized carbons (Fsp3) is 0.0714. The fourth-order valence-corrected chi connectivity index (χ4v) is 1.90. The van der Waals surface area contributed by atoms with Crippen LogP contribution >= 0.6 is 11.6 Å². The number of nitrogens with two attached hydrogens (primary N) is 1. The lowest BCUT2D eigenvalue weighted by Gasteiger charge is -2.07. The van der Waals surface area contributed by atoms with Crippen LogP contribution in [0.5, 0.6) is 0 Å². The molecule has 2 aromatic rings. The standard InChI is InChI=1S/C14H13ClN2O/c1-9-5-10(7-12(16)6-9)14(18)17-13-4-2-3-11(15)8-13/h2-8H,16H2,1H3,(H,17,18). The highest BCUT2D eigenvalue weighted by atomic mass is 35.5. The number of hydrogen-bond donors (Lipinski definition) is 2. The predicted molar refractivity (Wildman–Crippen MR) is 75.0 cm³/mol. The van der Waals surface area contributed by atoms with Crippen molar-refractivity contribution in [2.24, 2.45) is 0 Å². The monoisotopic (exact) mass is 260 g/mol.